The van der Waals surface area contributed by atoms with Gasteiger partial charge >= 0.3 is 0 Å². The molecule has 0 saturated carbocycles. The zero-order valence-electron chi connectivity index (χ0n) is 17.8. The maximum atomic E-state index is 8.41. The molecule has 1 aromatic carbocycles. The lowest BCUT2D eigenvalue weighted by atomic mass is 10.2. The molecule has 0 fully saturated rings. The predicted octanol–water partition coefficient (Wildman–Crippen LogP) is 2.62. The second-order valence-corrected chi connectivity index (χ2v) is 6.77. The van der Waals surface area contributed by atoms with Crippen LogP contribution in [0.2, 0.25) is 0 Å². The van der Waals surface area contributed by atoms with Gasteiger partial charge in [0.15, 0.2) is 5.84 Å². The molecule has 0 saturated heterocycles. The highest BCUT2D eigenvalue weighted by atomic mass is 16.5. The number of methoxy groups -OCH3 is 1. The Balaban J connectivity index is 1.79. The molecule has 2 heterocycles. The molecule has 0 unspecified atom stereocenters. The van der Waals surface area contributed by atoms with Crippen LogP contribution in [0.4, 0.5) is 0 Å². The van der Waals surface area contributed by atoms with Crippen LogP contribution in [0.15, 0.2) is 65.8 Å². The van der Waals surface area contributed by atoms with Gasteiger partial charge in [-0.1, -0.05) is 24.3 Å². The van der Waals surface area contributed by atoms with Crippen LogP contribution in [0.5, 0.6) is 11.6 Å². The highest BCUT2D eigenvalue weighted by Crippen LogP contribution is 2.15. The Labute approximate surface area is 182 Å². The molecule has 0 aliphatic rings. The number of aromatic nitrogens is 2. The van der Waals surface area contributed by atoms with Crippen molar-refractivity contribution < 1.29 is 9.47 Å². The summed E-state index contributed by atoms with van der Waals surface area (Å²) in [6.07, 6.45) is 2.81. The third kappa shape index (κ3) is 6.77. The Morgan fingerprint density at radius 3 is 2.71 bits per heavy atom. The van der Waals surface area contributed by atoms with Gasteiger partial charge in [-0.05, 0) is 49.8 Å². The lowest BCUT2D eigenvalue weighted by molar-refractivity contribution is 0.397. The summed E-state index contributed by atoms with van der Waals surface area (Å²) in [4.78, 5) is 11.9. The number of hydrogen-bond acceptors (Lipinski definition) is 6. The van der Waals surface area contributed by atoms with Gasteiger partial charge in [0.05, 0.1) is 7.11 Å². The highest BCUT2D eigenvalue weighted by Gasteiger charge is 2.13. The Morgan fingerprint density at radius 2 is 1.94 bits per heavy atom. The molecule has 0 bridgehead atoms. The fraction of sp³-hybridized carbons (Fsp3) is 0.261. The van der Waals surface area contributed by atoms with E-state index >= 15 is 0 Å². The molecule has 0 amide bonds. The normalized spacial score (nSPS) is 11.4. The molecule has 0 radical (unpaired) electrons. The molecule has 0 aliphatic carbocycles. The molecule has 3 rings (SSSR count). The van der Waals surface area contributed by atoms with Crippen molar-refractivity contribution in [2.45, 2.75) is 6.42 Å². The van der Waals surface area contributed by atoms with Crippen LogP contribution >= 0.6 is 0 Å². The van der Waals surface area contributed by atoms with Crippen molar-refractivity contribution in [3.63, 3.8) is 0 Å². The number of benzene rings is 1. The summed E-state index contributed by atoms with van der Waals surface area (Å²) in [7, 11) is 3.48. The first-order chi connectivity index (χ1) is 15.2. The zero-order chi connectivity index (χ0) is 21.9. The summed E-state index contributed by atoms with van der Waals surface area (Å²) < 4.78 is 11.2. The van der Waals surface area contributed by atoms with Gasteiger partial charge in [0.2, 0.25) is 11.8 Å². The predicted molar refractivity (Wildman–Crippen MR) is 123 cm³/mol. The molecule has 3 aromatic rings. The van der Waals surface area contributed by atoms with Crippen LogP contribution < -0.4 is 20.1 Å². The topological polar surface area (TPSA) is 107 Å². The SMILES string of the molecule is CNCCNCCc1c[nH]c(C(=NC(=N)c2cccc(OC)n2)Oc2ccccc2)c1. The fourth-order valence-corrected chi connectivity index (χ4v) is 2.84. The van der Waals surface area contributed by atoms with Crippen molar-refractivity contribution in [3.8, 4) is 11.6 Å². The highest BCUT2D eigenvalue weighted by molar-refractivity contribution is 6.07. The monoisotopic (exact) mass is 420 g/mol. The van der Waals surface area contributed by atoms with Crippen LogP contribution in [0, 0.1) is 5.41 Å². The summed E-state index contributed by atoms with van der Waals surface area (Å²) in [6.45, 7) is 2.72. The smallest absolute Gasteiger partial charge is 0.245 e. The van der Waals surface area contributed by atoms with E-state index in [2.05, 4.69) is 25.6 Å². The third-order valence-corrected chi connectivity index (χ3v) is 4.46. The van der Waals surface area contributed by atoms with Crippen molar-refractivity contribution >= 4 is 11.7 Å². The standard InChI is InChI=1S/C23H28N6O2/c1-25-13-14-26-12-11-17-15-20(27-16-17)23(31-18-7-4-3-5-8-18)29-22(24)19-9-6-10-21(28-19)30-2/h3-10,15-16,24-27H,11-14H2,1-2H3. The Morgan fingerprint density at radius 1 is 1.10 bits per heavy atom. The van der Waals surface area contributed by atoms with E-state index in [1.165, 1.54) is 7.11 Å². The van der Waals surface area contributed by atoms with Gasteiger partial charge in [-0.15, -0.1) is 0 Å². The first-order valence-electron chi connectivity index (χ1n) is 10.1. The van der Waals surface area contributed by atoms with E-state index in [1.54, 1.807) is 18.2 Å². The Kier molecular flexibility index (Phi) is 8.33. The number of pyridine rings is 1. The van der Waals surface area contributed by atoms with Crippen LogP contribution in [0.3, 0.4) is 0 Å². The van der Waals surface area contributed by atoms with Crippen molar-refractivity contribution in [2.75, 3.05) is 33.8 Å². The summed E-state index contributed by atoms with van der Waals surface area (Å²) in [5.41, 5.74) is 2.22. The molecule has 8 heteroatoms. The number of rotatable bonds is 10. The van der Waals surface area contributed by atoms with Gasteiger partial charge in [0, 0.05) is 25.4 Å². The summed E-state index contributed by atoms with van der Waals surface area (Å²) in [5.74, 6) is 1.35. The lowest BCUT2D eigenvalue weighted by Crippen LogP contribution is -2.26. The molecule has 0 atom stereocenters. The maximum Gasteiger partial charge on any atom is 0.245 e. The number of hydrogen-bond donors (Lipinski definition) is 4. The van der Waals surface area contributed by atoms with Crippen LogP contribution in [-0.4, -0.2) is 55.5 Å². The van der Waals surface area contributed by atoms with Crippen LogP contribution in [0.25, 0.3) is 0 Å². The number of amidine groups is 1. The molecular formula is C23H28N6O2. The largest absolute Gasteiger partial charge is 0.481 e. The van der Waals surface area contributed by atoms with E-state index in [-0.39, 0.29) is 5.84 Å². The molecule has 2 aromatic heterocycles. The third-order valence-electron chi connectivity index (χ3n) is 4.46. The lowest BCUT2D eigenvalue weighted by Gasteiger charge is -2.08. The van der Waals surface area contributed by atoms with Crippen molar-refractivity contribution in [2.24, 2.45) is 4.99 Å². The molecule has 0 aliphatic heterocycles. The number of likely N-dealkylation sites (N-methyl/N-ethyl adjacent to an activating group) is 1. The first kappa shape index (κ1) is 22.2. The second kappa shape index (κ2) is 11.6. The van der Waals surface area contributed by atoms with E-state index < -0.39 is 0 Å². The Bertz CT molecular complexity index is 1000. The van der Waals surface area contributed by atoms with Gasteiger partial charge in [-0.25, -0.2) is 4.98 Å². The second-order valence-electron chi connectivity index (χ2n) is 6.77. The van der Waals surface area contributed by atoms with E-state index in [0.29, 0.717) is 28.9 Å². The Hall–Kier alpha value is -3.49. The quantitative estimate of drug-likeness (QED) is 0.229. The van der Waals surface area contributed by atoms with E-state index in [9.17, 15) is 0 Å². The van der Waals surface area contributed by atoms with Crippen molar-refractivity contribution in [1.29, 1.82) is 5.41 Å². The minimum Gasteiger partial charge on any atom is -0.481 e. The maximum absolute atomic E-state index is 8.41. The molecular weight excluding hydrogens is 392 g/mol. The molecule has 162 valence electrons. The van der Waals surface area contributed by atoms with Crippen molar-refractivity contribution in [3.05, 3.63) is 77.7 Å². The summed E-state index contributed by atoms with van der Waals surface area (Å²) >= 11 is 0. The summed E-state index contributed by atoms with van der Waals surface area (Å²) in [5, 5.41) is 14.9. The van der Waals surface area contributed by atoms with Gasteiger partial charge in [0.25, 0.3) is 0 Å². The van der Waals surface area contributed by atoms with Gasteiger partial charge in [0.1, 0.15) is 17.1 Å². The zero-order valence-corrected chi connectivity index (χ0v) is 17.8. The van der Waals surface area contributed by atoms with Crippen LogP contribution in [0.1, 0.15) is 17.0 Å². The number of H-pyrrole nitrogens is 1. The van der Waals surface area contributed by atoms with Gasteiger partial charge in [-0.3, -0.25) is 5.41 Å². The van der Waals surface area contributed by atoms with Crippen molar-refractivity contribution in [1.82, 2.24) is 20.6 Å². The number of ether oxygens (including phenoxy) is 2. The fourth-order valence-electron chi connectivity index (χ4n) is 2.84. The van der Waals surface area contributed by atoms with Gasteiger partial charge in [-0.2, -0.15) is 4.99 Å². The molecule has 4 N–H and O–H groups in total. The number of aromatic amines is 1. The van der Waals surface area contributed by atoms with Crippen LogP contribution in [-0.2, 0) is 6.42 Å². The summed E-state index contributed by atoms with van der Waals surface area (Å²) in [6, 6.07) is 16.6. The van der Waals surface area contributed by atoms with E-state index in [4.69, 9.17) is 14.9 Å². The van der Waals surface area contributed by atoms with Gasteiger partial charge < -0.3 is 25.1 Å². The average molecular weight is 421 g/mol. The number of aliphatic imine (C=N–C) groups is 1. The first-order valence-corrected chi connectivity index (χ1v) is 10.1. The molecule has 31 heavy (non-hydrogen) atoms. The molecule has 8 nitrogen and oxygen atoms in total. The number of nitrogens with one attached hydrogen (secondary N) is 4. The number of nitrogens with zero attached hydrogens (tertiary/aromatic N) is 2. The number of para-hydroxylation sites is 1. The minimum atomic E-state index is -0.0188. The molecule has 0 spiro atoms. The average Bonchev–Trinajstić information content (AvgIpc) is 3.28. The minimum absolute atomic E-state index is 0.0188. The van der Waals surface area contributed by atoms with E-state index in [1.807, 2.05) is 49.6 Å². The van der Waals surface area contributed by atoms with E-state index in [0.717, 1.165) is 31.6 Å².